The van der Waals surface area contributed by atoms with Crippen LogP contribution in [0, 0.1) is 10.1 Å². The Morgan fingerprint density at radius 3 is 2.33 bits per heavy atom. The van der Waals surface area contributed by atoms with E-state index in [2.05, 4.69) is 10.3 Å². The Morgan fingerprint density at radius 2 is 1.67 bits per heavy atom. The summed E-state index contributed by atoms with van der Waals surface area (Å²) >= 11 is 5.89. The van der Waals surface area contributed by atoms with E-state index in [9.17, 15) is 10.1 Å². The second-order valence-corrected chi connectivity index (χ2v) is 5.62. The lowest BCUT2D eigenvalue weighted by molar-refractivity contribution is -0.384. The number of anilines is 1. The van der Waals surface area contributed by atoms with Crippen LogP contribution in [-0.2, 0) is 0 Å². The number of benzene rings is 2. The molecule has 0 aliphatic heterocycles. The molecule has 0 unspecified atom stereocenters. The third-order valence-electron chi connectivity index (χ3n) is 3.63. The molecule has 0 spiro atoms. The van der Waals surface area contributed by atoms with Crippen LogP contribution in [0.25, 0.3) is 0 Å². The first-order valence-corrected chi connectivity index (χ1v) is 7.68. The maximum atomic E-state index is 11.3. The van der Waals surface area contributed by atoms with Gasteiger partial charge in [-0.05, 0) is 35.4 Å². The summed E-state index contributed by atoms with van der Waals surface area (Å²) in [4.78, 5) is 14.9. The number of nitro groups is 1. The zero-order chi connectivity index (χ0) is 16.9. The minimum absolute atomic E-state index is 0.0579. The SMILES string of the molecule is O=[N+]([O-])c1cc(Cl)ccc1N[C@H](c1ccccc1)c1ccncc1. The van der Waals surface area contributed by atoms with E-state index in [1.54, 1.807) is 24.5 Å². The highest BCUT2D eigenvalue weighted by molar-refractivity contribution is 6.30. The number of hydrogen-bond acceptors (Lipinski definition) is 4. The number of hydrogen-bond donors (Lipinski definition) is 1. The van der Waals surface area contributed by atoms with Gasteiger partial charge in [0.1, 0.15) is 5.69 Å². The van der Waals surface area contributed by atoms with E-state index in [4.69, 9.17) is 11.6 Å². The van der Waals surface area contributed by atoms with Gasteiger partial charge < -0.3 is 5.32 Å². The number of aromatic nitrogens is 1. The average molecular weight is 340 g/mol. The molecule has 0 aliphatic carbocycles. The summed E-state index contributed by atoms with van der Waals surface area (Å²) in [6.07, 6.45) is 3.40. The van der Waals surface area contributed by atoms with E-state index in [0.29, 0.717) is 10.7 Å². The predicted octanol–water partition coefficient (Wildman–Crippen LogP) is 4.84. The fraction of sp³-hybridized carbons (Fsp3) is 0.0556. The van der Waals surface area contributed by atoms with Gasteiger partial charge in [0.2, 0.25) is 0 Å². The van der Waals surface area contributed by atoms with Gasteiger partial charge >= 0.3 is 0 Å². The second-order valence-electron chi connectivity index (χ2n) is 5.19. The van der Waals surface area contributed by atoms with Gasteiger partial charge in [0, 0.05) is 23.5 Å². The second kappa shape index (κ2) is 7.10. The molecule has 1 atom stereocenters. The summed E-state index contributed by atoms with van der Waals surface area (Å²) in [5.74, 6) is 0. The topological polar surface area (TPSA) is 68.1 Å². The maximum Gasteiger partial charge on any atom is 0.293 e. The van der Waals surface area contributed by atoms with Gasteiger partial charge in [-0.1, -0.05) is 41.9 Å². The first kappa shape index (κ1) is 16.0. The summed E-state index contributed by atoms with van der Waals surface area (Å²) in [7, 11) is 0. The minimum atomic E-state index is -0.442. The Balaban J connectivity index is 2.04. The van der Waals surface area contributed by atoms with Crippen LogP contribution in [0.3, 0.4) is 0 Å². The molecule has 0 bridgehead atoms. The molecule has 0 saturated heterocycles. The molecule has 2 aromatic carbocycles. The highest BCUT2D eigenvalue weighted by atomic mass is 35.5. The first-order chi connectivity index (χ1) is 11.6. The fourth-order valence-electron chi connectivity index (χ4n) is 2.49. The molecule has 0 radical (unpaired) electrons. The third kappa shape index (κ3) is 3.52. The lowest BCUT2D eigenvalue weighted by Gasteiger charge is -2.21. The fourth-order valence-corrected chi connectivity index (χ4v) is 2.66. The molecule has 5 nitrogen and oxygen atoms in total. The molecular formula is C18H14ClN3O2. The normalized spacial score (nSPS) is 11.7. The summed E-state index contributed by atoms with van der Waals surface area (Å²) in [5, 5.41) is 14.9. The van der Waals surface area contributed by atoms with Crippen molar-refractivity contribution in [3.8, 4) is 0 Å². The van der Waals surface area contributed by atoms with Crippen molar-refractivity contribution in [2.45, 2.75) is 6.04 Å². The Kier molecular flexibility index (Phi) is 4.72. The summed E-state index contributed by atoms with van der Waals surface area (Å²) in [6, 6.07) is 17.9. The van der Waals surface area contributed by atoms with Crippen molar-refractivity contribution in [2.24, 2.45) is 0 Å². The van der Waals surface area contributed by atoms with Crippen molar-refractivity contribution in [3.05, 3.63) is 99.3 Å². The van der Waals surface area contributed by atoms with Gasteiger partial charge in [0.05, 0.1) is 11.0 Å². The van der Waals surface area contributed by atoms with Crippen molar-refractivity contribution >= 4 is 23.0 Å². The Hall–Kier alpha value is -2.92. The molecule has 3 rings (SSSR count). The maximum absolute atomic E-state index is 11.3. The van der Waals surface area contributed by atoms with Gasteiger partial charge in [-0.15, -0.1) is 0 Å². The smallest absolute Gasteiger partial charge is 0.293 e. The van der Waals surface area contributed by atoms with Crippen molar-refractivity contribution in [2.75, 3.05) is 5.32 Å². The molecule has 0 amide bonds. The van der Waals surface area contributed by atoms with Crippen molar-refractivity contribution in [1.29, 1.82) is 0 Å². The van der Waals surface area contributed by atoms with Crippen LogP contribution in [0.2, 0.25) is 5.02 Å². The van der Waals surface area contributed by atoms with Gasteiger partial charge in [0.15, 0.2) is 0 Å². The standard InChI is InChI=1S/C18H14ClN3O2/c19-15-6-7-16(17(12-15)22(23)24)21-18(13-4-2-1-3-5-13)14-8-10-20-11-9-14/h1-12,18,21H/t18-/m1/s1. The molecule has 0 fully saturated rings. The highest BCUT2D eigenvalue weighted by Gasteiger charge is 2.20. The molecule has 1 aromatic heterocycles. The number of pyridine rings is 1. The van der Waals surface area contributed by atoms with E-state index < -0.39 is 4.92 Å². The summed E-state index contributed by atoms with van der Waals surface area (Å²) in [5.41, 5.74) is 2.31. The van der Waals surface area contributed by atoms with E-state index >= 15 is 0 Å². The van der Waals surface area contributed by atoms with E-state index in [0.717, 1.165) is 11.1 Å². The quantitative estimate of drug-likeness (QED) is 0.533. The molecule has 24 heavy (non-hydrogen) atoms. The molecule has 1 heterocycles. The van der Waals surface area contributed by atoms with E-state index in [1.165, 1.54) is 6.07 Å². The lowest BCUT2D eigenvalue weighted by Crippen LogP contribution is -2.13. The largest absolute Gasteiger partial charge is 0.369 e. The van der Waals surface area contributed by atoms with Crippen LogP contribution < -0.4 is 5.32 Å². The minimum Gasteiger partial charge on any atom is -0.369 e. The molecule has 0 saturated carbocycles. The van der Waals surface area contributed by atoms with Gasteiger partial charge in [-0.3, -0.25) is 15.1 Å². The van der Waals surface area contributed by atoms with Crippen LogP contribution in [-0.4, -0.2) is 9.91 Å². The van der Waals surface area contributed by atoms with Crippen molar-refractivity contribution < 1.29 is 4.92 Å². The zero-order valence-corrected chi connectivity index (χ0v) is 13.4. The monoisotopic (exact) mass is 339 g/mol. The van der Waals surface area contributed by atoms with Crippen LogP contribution in [0.5, 0.6) is 0 Å². The van der Waals surface area contributed by atoms with Crippen molar-refractivity contribution in [1.82, 2.24) is 4.98 Å². The van der Waals surface area contributed by atoms with Crippen LogP contribution in [0.4, 0.5) is 11.4 Å². The molecule has 6 heteroatoms. The molecule has 120 valence electrons. The van der Waals surface area contributed by atoms with Crippen molar-refractivity contribution in [3.63, 3.8) is 0 Å². The first-order valence-electron chi connectivity index (χ1n) is 7.30. The van der Waals surface area contributed by atoms with Crippen LogP contribution >= 0.6 is 11.6 Å². The molecule has 1 N–H and O–H groups in total. The number of nitro benzene ring substituents is 1. The number of rotatable bonds is 5. The third-order valence-corrected chi connectivity index (χ3v) is 3.86. The van der Waals surface area contributed by atoms with Crippen LogP contribution in [0.1, 0.15) is 17.2 Å². The average Bonchev–Trinajstić information content (AvgIpc) is 2.62. The highest BCUT2D eigenvalue weighted by Crippen LogP contribution is 2.33. The Labute approximate surface area is 144 Å². The van der Waals surface area contributed by atoms with E-state index in [1.807, 2.05) is 42.5 Å². The van der Waals surface area contributed by atoms with Crippen LogP contribution in [0.15, 0.2) is 73.1 Å². The Bertz CT molecular complexity index is 802. The summed E-state index contributed by atoms with van der Waals surface area (Å²) in [6.45, 7) is 0. The molecule has 3 aromatic rings. The van der Waals surface area contributed by atoms with Gasteiger partial charge in [-0.25, -0.2) is 0 Å². The lowest BCUT2D eigenvalue weighted by atomic mass is 9.99. The molecular weight excluding hydrogens is 326 g/mol. The van der Waals surface area contributed by atoms with Gasteiger partial charge in [0.25, 0.3) is 5.69 Å². The number of nitrogens with zero attached hydrogens (tertiary/aromatic N) is 2. The Morgan fingerprint density at radius 1 is 1.00 bits per heavy atom. The zero-order valence-electron chi connectivity index (χ0n) is 12.6. The van der Waals surface area contributed by atoms with Gasteiger partial charge in [-0.2, -0.15) is 0 Å². The van der Waals surface area contributed by atoms with E-state index in [-0.39, 0.29) is 11.7 Å². The number of halogens is 1. The number of nitrogens with one attached hydrogen (secondary N) is 1. The summed E-state index contributed by atoms with van der Waals surface area (Å²) < 4.78 is 0. The predicted molar refractivity (Wildman–Crippen MR) is 94.3 cm³/mol. The molecule has 0 aliphatic rings.